The Morgan fingerprint density at radius 3 is 1.64 bits per heavy atom. The lowest BCUT2D eigenvalue weighted by atomic mass is 9.87. The van der Waals surface area contributed by atoms with Crippen LogP contribution in [0, 0.1) is 5.21 Å². The summed E-state index contributed by atoms with van der Waals surface area (Å²) in [5, 5.41) is 14.0. The fourth-order valence-electron chi connectivity index (χ4n) is 5.49. The number of nitrogens with zero attached hydrogens (tertiary/aromatic N) is 1. The zero-order valence-electron chi connectivity index (χ0n) is 18.5. The molecule has 0 saturated heterocycles. The summed E-state index contributed by atoms with van der Waals surface area (Å²) in [6.45, 7) is 0.870. The van der Waals surface area contributed by atoms with Crippen LogP contribution in [0.15, 0.2) is 0 Å². The molecule has 0 N–H and O–H groups in total. The molecule has 0 aromatic carbocycles. The average molecular weight is 396 g/mol. The summed E-state index contributed by atoms with van der Waals surface area (Å²) in [7, 11) is 1.46. The normalized spacial score (nSPS) is 19.6. The summed E-state index contributed by atoms with van der Waals surface area (Å²) in [4.78, 5) is 11.1. The van der Waals surface area contributed by atoms with Gasteiger partial charge in [-0.2, -0.15) is 0 Å². The zero-order chi connectivity index (χ0) is 20.1. The maximum absolute atomic E-state index is 14.0. The first-order valence-corrected chi connectivity index (χ1v) is 12.3. The van der Waals surface area contributed by atoms with E-state index in [2.05, 4.69) is 4.74 Å². The quantitative estimate of drug-likeness (QED) is 0.152. The predicted molar refractivity (Wildman–Crippen MR) is 116 cm³/mol. The summed E-state index contributed by atoms with van der Waals surface area (Å²) in [6.07, 6.45) is 22.4. The molecule has 0 radical (unpaired) electrons. The number of methoxy groups -OCH3 is 1. The van der Waals surface area contributed by atoms with Gasteiger partial charge in [0, 0.05) is 6.42 Å². The largest absolute Gasteiger partial charge is 0.632 e. The van der Waals surface area contributed by atoms with Gasteiger partial charge in [-0.3, -0.25) is 4.79 Å². The van der Waals surface area contributed by atoms with E-state index in [0.717, 1.165) is 25.8 Å². The Labute approximate surface area is 173 Å². The van der Waals surface area contributed by atoms with Gasteiger partial charge in [-0.15, -0.1) is 0 Å². The summed E-state index contributed by atoms with van der Waals surface area (Å²) in [6, 6.07) is 0.790. The molecule has 0 aliphatic heterocycles. The lowest BCUT2D eigenvalue weighted by molar-refractivity contribution is -0.932. The van der Waals surface area contributed by atoms with E-state index >= 15 is 0 Å². The van der Waals surface area contributed by atoms with Gasteiger partial charge < -0.3 is 14.6 Å². The van der Waals surface area contributed by atoms with E-state index in [4.69, 9.17) is 0 Å². The van der Waals surface area contributed by atoms with Gasteiger partial charge in [0.05, 0.1) is 25.7 Å². The van der Waals surface area contributed by atoms with E-state index in [9.17, 15) is 10.0 Å². The van der Waals surface area contributed by atoms with Crippen LogP contribution in [0.25, 0.3) is 0 Å². The lowest BCUT2D eigenvalue weighted by Crippen LogP contribution is -2.58. The van der Waals surface area contributed by atoms with Crippen LogP contribution >= 0.6 is 0 Å². The smallest absolute Gasteiger partial charge is 0.305 e. The fraction of sp³-hybridized carbons (Fsp3) is 0.958. The second-order valence-corrected chi connectivity index (χ2v) is 9.32. The van der Waals surface area contributed by atoms with E-state index in [1.165, 1.54) is 103 Å². The zero-order valence-corrected chi connectivity index (χ0v) is 18.5. The predicted octanol–water partition coefficient (Wildman–Crippen LogP) is 6.65. The molecule has 164 valence electrons. The number of hydrogen-bond donors (Lipinski definition) is 0. The molecule has 2 rings (SSSR count). The van der Waals surface area contributed by atoms with Crippen molar-refractivity contribution in [2.75, 3.05) is 13.7 Å². The third-order valence-corrected chi connectivity index (χ3v) is 7.25. The van der Waals surface area contributed by atoms with Crippen molar-refractivity contribution < 1.29 is 14.2 Å². The van der Waals surface area contributed by atoms with Crippen molar-refractivity contribution in [2.45, 2.75) is 134 Å². The van der Waals surface area contributed by atoms with Crippen molar-refractivity contribution in [3.63, 3.8) is 0 Å². The molecule has 0 heterocycles. The number of ether oxygens (including phenoxy) is 1. The molecule has 2 saturated carbocycles. The molecule has 28 heavy (non-hydrogen) atoms. The summed E-state index contributed by atoms with van der Waals surface area (Å²) in [5.74, 6) is -0.0878. The Morgan fingerprint density at radius 2 is 1.18 bits per heavy atom. The molecular weight excluding hydrogens is 350 g/mol. The molecule has 4 heteroatoms. The molecule has 0 unspecified atom stereocenters. The Hall–Kier alpha value is -0.610. The van der Waals surface area contributed by atoms with Crippen molar-refractivity contribution >= 4 is 5.97 Å². The first kappa shape index (κ1) is 23.7. The Balaban J connectivity index is 1.61. The third-order valence-electron chi connectivity index (χ3n) is 7.25. The second kappa shape index (κ2) is 13.6. The molecule has 0 bridgehead atoms. The highest BCUT2D eigenvalue weighted by Gasteiger charge is 2.37. The monoisotopic (exact) mass is 395 g/mol. The number of carbonyl (C=O) groups excluding carboxylic acids is 1. The summed E-state index contributed by atoms with van der Waals surface area (Å²) in [5.41, 5.74) is 0. The van der Waals surface area contributed by atoms with E-state index in [1.54, 1.807) is 0 Å². The van der Waals surface area contributed by atoms with Crippen molar-refractivity contribution in [3.05, 3.63) is 5.21 Å². The van der Waals surface area contributed by atoms with E-state index in [0.29, 0.717) is 18.5 Å². The SMILES string of the molecule is COC(=O)CCCCCCCCCC[N+]([O-])(C1CCCCC1)C1CCCCC1. The Kier molecular flexibility index (Phi) is 11.5. The highest BCUT2D eigenvalue weighted by Crippen LogP contribution is 2.36. The van der Waals surface area contributed by atoms with Crippen molar-refractivity contribution in [2.24, 2.45) is 0 Å². The van der Waals surface area contributed by atoms with Crippen LogP contribution in [0.5, 0.6) is 0 Å². The van der Waals surface area contributed by atoms with Crippen LogP contribution < -0.4 is 0 Å². The number of unbranched alkanes of at least 4 members (excludes halogenated alkanes) is 7. The van der Waals surface area contributed by atoms with Crippen molar-refractivity contribution in [1.29, 1.82) is 0 Å². The third kappa shape index (κ3) is 8.02. The van der Waals surface area contributed by atoms with Gasteiger partial charge in [-0.1, -0.05) is 44.9 Å². The van der Waals surface area contributed by atoms with E-state index in [1.807, 2.05) is 0 Å². The maximum atomic E-state index is 14.0. The lowest BCUT2D eigenvalue weighted by Gasteiger charge is -2.56. The molecular formula is C24H45NO3. The summed E-state index contributed by atoms with van der Waals surface area (Å²) >= 11 is 0. The van der Waals surface area contributed by atoms with Gasteiger partial charge in [-0.25, -0.2) is 0 Å². The van der Waals surface area contributed by atoms with Crippen LogP contribution in [0.1, 0.15) is 122 Å². The van der Waals surface area contributed by atoms with Gasteiger partial charge in [0.2, 0.25) is 0 Å². The Morgan fingerprint density at radius 1 is 0.750 bits per heavy atom. The number of rotatable bonds is 13. The summed E-state index contributed by atoms with van der Waals surface area (Å²) < 4.78 is 4.83. The maximum Gasteiger partial charge on any atom is 0.305 e. The Bertz CT molecular complexity index is 396. The van der Waals surface area contributed by atoms with Gasteiger partial charge in [0.1, 0.15) is 0 Å². The van der Waals surface area contributed by atoms with Gasteiger partial charge in [0.15, 0.2) is 0 Å². The van der Waals surface area contributed by atoms with Crippen LogP contribution in [-0.2, 0) is 9.53 Å². The van der Waals surface area contributed by atoms with E-state index in [-0.39, 0.29) is 10.6 Å². The molecule has 0 aromatic heterocycles. The number of esters is 1. The molecule has 0 aromatic rings. The topological polar surface area (TPSA) is 49.4 Å². The van der Waals surface area contributed by atoms with Crippen LogP contribution in [0.4, 0.5) is 0 Å². The minimum atomic E-state index is -0.0878. The molecule has 4 nitrogen and oxygen atoms in total. The molecule has 0 amide bonds. The van der Waals surface area contributed by atoms with Crippen LogP contribution in [0.2, 0.25) is 0 Å². The number of carbonyl (C=O) groups is 1. The first-order chi connectivity index (χ1) is 13.7. The van der Waals surface area contributed by atoms with Crippen LogP contribution in [0.3, 0.4) is 0 Å². The van der Waals surface area contributed by atoms with Gasteiger partial charge in [-0.05, 0) is 70.6 Å². The second-order valence-electron chi connectivity index (χ2n) is 9.32. The standard InChI is InChI=1S/C24H45NO3/c1-28-24(26)20-14-6-4-2-3-5-7-15-21-25(27,22-16-10-8-11-17-22)23-18-12-9-13-19-23/h22-23H,2-21H2,1H3. The molecule has 2 aliphatic rings. The fourth-order valence-corrected chi connectivity index (χ4v) is 5.49. The minimum Gasteiger partial charge on any atom is -0.632 e. The molecule has 2 aliphatic carbocycles. The highest BCUT2D eigenvalue weighted by molar-refractivity contribution is 5.68. The average Bonchev–Trinajstić information content (AvgIpc) is 2.75. The van der Waals surface area contributed by atoms with Crippen molar-refractivity contribution in [1.82, 2.24) is 0 Å². The highest BCUT2D eigenvalue weighted by atomic mass is 16.6. The van der Waals surface area contributed by atoms with Crippen molar-refractivity contribution in [3.8, 4) is 0 Å². The van der Waals surface area contributed by atoms with E-state index < -0.39 is 0 Å². The number of hydroxylamine groups is 3. The first-order valence-electron chi connectivity index (χ1n) is 12.3. The number of quaternary nitrogens is 1. The van der Waals surface area contributed by atoms with Crippen LogP contribution in [-0.4, -0.2) is 36.4 Å². The molecule has 0 spiro atoms. The number of hydrogen-bond acceptors (Lipinski definition) is 3. The molecule has 0 atom stereocenters. The molecule has 2 fully saturated rings. The van der Waals surface area contributed by atoms with Gasteiger partial charge in [0.25, 0.3) is 0 Å². The minimum absolute atomic E-state index is 0.0878. The van der Waals surface area contributed by atoms with Gasteiger partial charge >= 0.3 is 5.97 Å².